The molecule has 28 heavy (non-hydrogen) atoms. The minimum Gasteiger partial charge on any atom is -0.343 e. The summed E-state index contributed by atoms with van der Waals surface area (Å²) in [5.74, 6) is 3.27. The van der Waals surface area contributed by atoms with E-state index in [0.29, 0.717) is 32.2 Å². The highest BCUT2D eigenvalue weighted by atomic mass is 16.2. The van der Waals surface area contributed by atoms with Crippen LogP contribution in [0.1, 0.15) is 56.4 Å². The Kier molecular flexibility index (Phi) is 5.17. The number of para-hydroxylation sites is 1. The smallest absolute Gasteiger partial charge is 0.227 e. The van der Waals surface area contributed by atoms with Crippen LogP contribution in [0.5, 0.6) is 0 Å². The number of rotatable bonds is 8. The lowest BCUT2D eigenvalue weighted by atomic mass is 9.98. The molecule has 3 heterocycles. The van der Waals surface area contributed by atoms with E-state index in [-0.39, 0.29) is 17.7 Å². The predicted molar refractivity (Wildman–Crippen MR) is 107 cm³/mol. The molecular weight excluding hydrogens is 352 g/mol. The third-order valence-corrected chi connectivity index (χ3v) is 6.08. The molecule has 4 rings (SSSR count). The number of fused-ring (bicyclic) bond motifs is 1. The largest absolute Gasteiger partial charge is 0.343 e. The van der Waals surface area contributed by atoms with Crippen molar-refractivity contribution in [2.75, 3.05) is 24.5 Å². The average molecular weight is 378 g/mol. The van der Waals surface area contributed by atoms with E-state index < -0.39 is 5.66 Å². The SMILES string of the molecule is C#CCCC1(CCC(=O)N2CC(CCN3CCCC3=O)c3ccccc32)N=N1. The Labute approximate surface area is 166 Å². The summed E-state index contributed by atoms with van der Waals surface area (Å²) in [6, 6.07) is 8.14. The number of carbonyl (C=O) groups excluding carboxylic acids is 2. The fraction of sp³-hybridized carbons (Fsp3) is 0.545. The van der Waals surface area contributed by atoms with E-state index in [1.165, 1.54) is 5.56 Å². The van der Waals surface area contributed by atoms with Gasteiger partial charge >= 0.3 is 0 Å². The van der Waals surface area contributed by atoms with Crippen LogP contribution in [-0.2, 0) is 9.59 Å². The van der Waals surface area contributed by atoms with Gasteiger partial charge in [0, 0.05) is 63.3 Å². The molecule has 6 nitrogen and oxygen atoms in total. The molecule has 1 fully saturated rings. The van der Waals surface area contributed by atoms with Crippen molar-refractivity contribution in [2.45, 2.75) is 56.5 Å². The van der Waals surface area contributed by atoms with Crippen LogP contribution in [0, 0.1) is 12.3 Å². The van der Waals surface area contributed by atoms with Gasteiger partial charge in [0.05, 0.1) is 0 Å². The second-order valence-electron chi connectivity index (χ2n) is 7.92. The number of benzene rings is 1. The van der Waals surface area contributed by atoms with E-state index in [2.05, 4.69) is 22.2 Å². The van der Waals surface area contributed by atoms with Crippen molar-refractivity contribution < 1.29 is 9.59 Å². The second kappa shape index (κ2) is 7.75. The summed E-state index contributed by atoms with van der Waals surface area (Å²) in [4.78, 5) is 28.7. The number of amides is 2. The molecule has 146 valence electrons. The van der Waals surface area contributed by atoms with Gasteiger partial charge in [0.25, 0.3) is 0 Å². The number of carbonyl (C=O) groups is 2. The lowest BCUT2D eigenvalue weighted by Gasteiger charge is -2.20. The van der Waals surface area contributed by atoms with E-state index in [0.717, 1.165) is 38.0 Å². The average Bonchev–Trinajstić information content (AvgIpc) is 3.22. The van der Waals surface area contributed by atoms with Gasteiger partial charge in [-0.15, -0.1) is 12.3 Å². The summed E-state index contributed by atoms with van der Waals surface area (Å²) in [7, 11) is 0. The topological polar surface area (TPSA) is 65.3 Å². The van der Waals surface area contributed by atoms with Gasteiger partial charge in [0.15, 0.2) is 5.66 Å². The first-order valence-corrected chi connectivity index (χ1v) is 10.2. The zero-order chi connectivity index (χ0) is 19.6. The maximum absolute atomic E-state index is 13.0. The van der Waals surface area contributed by atoms with Crippen LogP contribution in [0.2, 0.25) is 0 Å². The third kappa shape index (κ3) is 3.80. The Bertz CT molecular complexity index is 835. The van der Waals surface area contributed by atoms with E-state index >= 15 is 0 Å². The van der Waals surface area contributed by atoms with Gasteiger partial charge in [-0.2, -0.15) is 10.2 Å². The highest BCUT2D eigenvalue weighted by Crippen LogP contribution is 2.41. The van der Waals surface area contributed by atoms with Crippen LogP contribution in [-0.4, -0.2) is 42.0 Å². The molecule has 0 aromatic heterocycles. The molecule has 0 saturated carbocycles. The maximum Gasteiger partial charge on any atom is 0.227 e. The first-order chi connectivity index (χ1) is 13.6. The Morgan fingerprint density at radius 1 is 1.29 bits per heavy atom. The van der Waals surface area contributed by atoms with Crippen LogP contribution >= 0.6 is 0 Å². The molecule has 3 aliphatic heterocycles. The minimum atomic E-state index is -0.420. The first kappa shape index (κ1) is 18.7. The number of terminal acetylenes is 1. The van der Waals surface area contributed by atoms with E-state index in [1.807, 2.05) is 28.0 Å². The Hall–Kier alpha value is -2.68. The van der Waals surface area contributed by atoms with Crippen molar-refractivity contribution in [3.8, 4) is 12.3 Å². The predicted octanol–water partition coefficient (Wildman–Crippen LogP) is 3.49. The Morgan fingerprint density at radius 3 is 2.82 bits per heavy atom. The fourth-order valence-electron chi connectivity index (χ4n) is 4.34. The molecule has 0 spiro atoms. The number of hydrogen-bond acceptors (Lipinski definition) is 4. The molecule has 6 heteroatoms. The van der Waals surface area contributed by atoms with Crippen molar-refractivity contribution in [1.82, 2.24) is 4.90 Å². The molecular formula is C22H26N4O2. The highest BCUT2D eigenvalue weighted by Gasteiger charge is 2.40. The number of nitrogens with zero attached hydrogens (tertiary/aromatic N) is 4. The van der Waals surface area contributed by atoms with Gasteiger partial charge in [-0.1, -0.05) is 18.2 Å². The monoisotopic (exact) mass is 378 g/mol. The minimum absolute atomic E-state index is 0.115. The van der Waals surface area contributed by atoms with Gasteiger partial charge in [-0.05, 0) is 24.5 Å². The molecule has 0 radical (unpaired) electrons. The molecule has 0 bridgehead atoms. The Balaban J connectivity index is 1.37. The summed E-state index contributed by atoms with van der Waals surface area (Å²) >= 11 is 0. The lowest BCUT2D eigenvalue weighted by Crippen LogP contribution is -2.32. The van der Waals surface area contributed by atoms with E-state index in [4.69, 9.17) is 6.42 Å². The van der Waals surface area contributed by atoms with Crippen LogP contribution in [0.4, 0.5) is 5.69 Å². The van der Waals surface area contributed by atoms with Crippen LogP contribution in [0.3, 0.4) is 0 Å². The quantitative estimate of drug-likeness (QED) is 0.650. The fourth-order valence-corrected chi connectivity index (χ4v) is 4.34. The molecule has 1 saturated heterocycles. The summed E-state index contributed by atoms with van der Waals surface area (Å²) in [5.41, 5.74) is 1.80. The van der Waals surface area contributed by atoms with Crippen molar-refractivity contribution in [1.29, 1.82) is 0 Å². The van der Waals surface area contributed by atoms with Gasteiger partial charge in [0.2, 0.25) is 11.8 Å². The van der Waals surface area contributed by atoms with E-state index in [1.54, 1.807) is 0 Å². The lowest BCUT2D eigenvalue weighted by molar-refractivity contribution is -0.127. The van der Waals surface area contributed by atoms with Crippen LogP contribution in [0.25, 0.3) is 0 Å². The highest BCUT2D eigenvalue weighted by molar-refractivity contribution is 5.96. The second-order valence-corrected chi connectivity index (χ2v) is 7.92. The van der Waals surface area contributed by atoms with Gasteiger partial charge in [0.1, 0.15) is 0 Å². The molecule has 1 aromatic rings. The van der Waals surface area contributed by atoms with Crippen molar-refractivity contribution >= 4 is 17.5 Å². The van der Waals surface area contributed by atoms with Gasteiger partial charge in [-0.3, -0.25) is 9.59 Å². The van der Waals surface area contributed by atoms with Gasteiger partial charge in [-0.25, -0.2) is 0 Å². The summed E-state index contributed by atoms with van der Waals surface area (Å²) in [5, 5.41) is 8.26. The van der Waals surface area contributed by atoms with Gasteiger partial charge < -0.3 is 9.80 Å². The normalized spacial score (nSPS) is 21.7. The van der Waals surface area contributed by atoms with Crippen molar-refractivity contribution in [3.63, 3.8) is 0 Å². The number of hydrogen-bond donors (Lipinski definition) is 0. The van der Waals surface area contributed by atoms with E-state index in [9.17, 15) is 9.59 Å². The molecule has 1 aromatic carbocycles. The summed E-state index contributed by atoms with van der Waals surface area (Å²) < 4.78 is 0. The number of likely N-dealkylation sites (tertiary alicyclic amines) is 1. The first-order valence-electron chi connectivity index (χ1n) is 10.2. The number of anilines is 1. The summed E-state index contributed by atoms with van der Waals surface area (Å²) in [6.45, 7) is 2.32. The molecule has 3 aliphatic rings. The zero-order valence-electron chi connectivity index (χ0n) is 16.1. The van der Waals surface area contributed by atoms with Crippen molar-refractivity contribution in [2.24, 2.45) is 10.2 Å². The standard InChI is InChI=1S/C22H26N4O2/c1-2-3-12-22(23-24-22)13-10-21(28)26-16-17(18-7-4-5-8-19(18)26)11-15-25-14-6-9-20(25)27/h1,4-5,7-8,17H,3,6,9-16H2. The van der Waals surface area contributed by atoms with Crippen molar-refractivity contribution in [3.05, 3.63) is 29.8 Å². The zero-order valence-corrected chi connectivity index (χ0v) is 16.1. The van der Waals surface area contributed by atoms with Crippen LogP contribution < -0.4 is 4.90 Å². The molecule has 0 aliphatic carbocycles. The molecule has 1 atom stereocenters. The maximum atomic E-state index is 13.0. The molecule has 0 N–H and O–H groups in total. The molecule has 1 unspecified atom stereocenters. The Morgan fingerprint density at radius 2 is 2.11 bits per heavy atom. The summed E-state index contributed by atoms with van der Waals surface area (Å²) in [6.07, 6.45) is 10.3. The third-order valence-electron chi connectivity index (χ3n) is 6.08. The van der Waals surface area contributed by atoms with Crippen LogP contribution in [0.15, 0.2) is 34.5 Å². The molecule has 2 amide bonds.